The van der Waals surface area contributed by atoms with Gasteiger partial charge in [0.1, 0.15) is 24.3 Å². The Balaban J connectivity index is 1.55. The van der Waals surface area contributed by atoms with E-state index in [0.717, 1.165) is 55.4 Å². The van der Waals surface area contributed by atoms with Crippen molar-refractivity contribution in [1.82, 2.24) is 19.9 Å². The Morgan fingerprint density at radius 3 is 2.38 bits per heavy atom. The van der Waals surface area contributed by atoms with E-state index in [1.807, 2.05) is 0 Å². The van der Waals surface area contributed by atoms with Crippen molar-refractivity contribution in [2.75, 3.05) is 36.0 Å². The number of piperazine rings is 1. The second-order valence-corrected chi connectivity index (χ2v) is 6.84. The van der Waals surface area contributed by atoms with Crippen molar-refractivity contribution in [3.63, 3.8) is 0 Å². The zero-order valence-electron chi connectivity index (χ0n) is 13.9. The van der Waals surface area contributed by atoms with E-state index in [-0.39, 0.29) is 0 Å². The van der Waals surface area contributed by atoms with E-state index in [0.29, 0.717) is 0 Å². The van der Waals surface area contributed by atoms with Crippen LogP contribution in [0, 0.1) is 6.92 Å². The molecule has 1 saturated heterocycles. The van der Waals surface area contributed by atoms with Crippen molar-refractivity contribution >= 4 is 33.2 Å². The van der Waals surface area contributed by atoms with Gasteiger partial charge in [0.05, 0.1) is 10.2 Å². The van der Waals surface area contributed by atoms with Crippen LogP contribution in [0.2, 0.25) is 0 Å². The molecule has 0 atom stereocenters. The van der Waals surface area contributed by atoms with Gasteiger partial charge in [-0.25, -0.2) is 19.9 Å². The van der Waals surface area contributed by atoms with Crippen molar-refractivity contribution in [1.29, 1.82) is 0 Å². The first-order valence-electron chi connectivity index (χ1n) is 8.26. The SMILES string of the molecule is CCc1c(C)ncnc1N1CCN(c2ncnc3ccsc23)CC1. The number of hydrogen-bond acceptors (Lipinski definition) is 7. The number of nitrogens with zero attached hydrogens (tertiary/aromatic N) is 6. The fourth-order valence-electron chi connectivity index (χ4n) is 3.31. The van der Waals surface area contributed by atoms with Crippen molar-refractivity contribution in [3.05, 3.63) is 35.4 Å². The Morgan fingerprint density at radius 2 is 1.62 bits per heavy atom. The van der Waals surface area contributed by atoms with Gasteiger partial charge in [0.15, 0.2) is 0 Å². The summed E-state index contributed by atoms with van der Waals surface area (Å²) in [7, 11) is 0. The summed E-state index contributed by atoms with van der Waals surface area (Å²) in [4.78, 5) is 22.5. The maximum Gasteiger partial charge on any atom is 0.150 e. The van der Waals surface area contributed by atoms with Crippen LogP contribution in [0.25, 0.3) is 10.2 Å². The van der Waals surface area contributed by atoms with Gasteiger partial charge in [0.2, 0.25) is 0 Å². The van der Waals surface area contributed by atoms with Crippen LogP contribution < -0.4 is 9.80 Å². The molecule has 0 unspecified atom stereocenters. The van der Waals surface area contributed by atoms with Gasteiger partial charge in [-0.2, -0.15) is 0 Å². The Morgan fingerprint density at radius 1 is 0.958 bits per heavy atom. The molecule has 3 aromatic rings. The van der Waals surface area contributed by atoms with Gasteiger partial charge >= 0.3 is 0 Å². The molecular formula is C17H20N6S. The van der Waals surface area contributed by atoms with E-state index in [9.17, 15) is 0 Å². The topological polar surface area (TPSA) is 58.0 Å². The van der Waals surface area contributed by atoms with E-state index in [4.69, 9.17) is 0 Å². The highest BCUT2D eigenvalue weighted by Crippen LogP contribution is 2.29. The highest BCUT2D eigenvalue weighted by Gasteiger charge is 2.23. The fraction of sp³-hybridized carbons (Fsp3) is 0.412. The smallest absolute Gasteiger partial charge is 0.150 e. The lowest BCUT2D eigenvalue weighted by molar-refractivity contribution is 0.639. The van der Waals surface area contributed by atoms with Gasteiger partial charge in [-0.1, -0.05) is 6.92 Å². The van der Waals surface area contributed by atoms with Crippen molar-refractivity contribution in [3.8, 4) is 0 Å². The van der Waals surface area contributed by atoms with Crippen LogP contribution >= 0.6 is 11.3 Å². The Labute approximate surface area is 145 Å². The van der Waals surface area contributed by atoms with E-state index in [1.165, 1.54) is 10.3 Å². The number of aryl methyl sites for hydroxylation is 1. The van der Waals surface area contributed by atoms with Crippen LogP contribution in [0.4, 0.5) is 11.6 Å². The monoisotopic (exact) mass is 340 g/mol. The molecule has 1 aliphatic rings. The number of hydrogen-bond donors (Lipinski definition) is 0. The zero-order valence-corrected chi connectivity index (χ0v) is 14.8. The number of rotatable bonds is 3. The van der Waals surface area contributed by atoms with Crippen LogP contribution in [-0.4, -0.2) is 46.1 Å². The average molecular weight is 340 g/mol. The number of anilines is 2. The number of fused-ring (bicyclic) bond motifs is 1. The zero-order chi connectivity index (χ0) is 16.5. The van der Waals surface area contributed by atoms with Crippen LogP contribution in [0.5, 0.6) is 0 Å². The van der Waals surface area contributed by atoms with Gasteiger partial charge in [-0.05, 0) is 24.8 Å². The quantitative estimate of drug-likeness (QED) is 0.731. The maximum absolute atomic E-state index is 4.55. The predicted molar refractivity (Wildman–Crippen MR) is 98.0 cm³/mol. The summed E-state index contributed by atoms with van der Waals surface area (Å²) in [6, 6.07) is 2.05. The molecule has 0 aliphatic carbocycles. The third kappa shape index (κ3) is 2.58. The molecule has 3 aromatic heterocycles. The maximum atomic E-state index is 4.55. The normalized spacial score (nSPS) is 15.2. The standard InChI is InChI=1S/C17H20N6S/c1-3-13-12(2)18-10-20-16(13)22-5-7-23(8-6-22)17-15-14(4-9-24-15)19-11-21-17/h4,9-11H,3,5-8H2,1-2H3. The van der Waals surface area contributed by atoms with E-state index < -0.39 is 0 Å². The minimum atomic E-state index is 0.941. The van der Waals surface area contributed by atoms with Gasteiger partial charge < -0.3 is 9.80 Å². The molecular weight excluding hydrogens is 320 g/mol. The molecule has 0 N–H and O–H groups in total. The fourth-order valence-corrected chi connectivity index (χ4v) is 4.17. The van der Waals surface area contributed by atoms with Crippen LogP contribution in [0.15, 0.2) is 24.1 Å². The van der Waals surface area contributed by atoms with Crippen molar-refractivity contribution < 1.29 is 0 Å². The molecule has 24 heavy (non-hydrogen) atoms. The molecule has 4 heterocycles. The molecule has 0 saturated carbocycles. The van der Waals surface area contributed by atoms with E-state index in [2.05, 4.69) is 55.0 Å². The third-order valence-electron chi connectivity index (χ3n) is 4.59. The minimum Gasteiger partial charge on any atom is -0.353 e. The summed E-state index contributed by atoms with van der Waals surface area (Å²) >= 11 is 1.71. The van der Waals surface area contributed by atoms with E-state index in [1.54, 1.807) is 24.0 Å². The summed E-state index contributed by atoms with van der Waals surface area (Å²) in [5.41, 5.74) is 3.38. The molecule has 124 valence electrons. The molecule has 1 aliphatic heterocycles. The third-order valence-corrected chi connectivity index (χ3v) is 5.49. The van der Waals surface area contributed by atoms with Gasteiger partial charge in [0, 0.05) is 37.4 Å². The molecule has 0 spiro atoms. The molecule has 0 amide bonds. The highest BCUT2D eigenvalue weighted by atomic mass is 32.1. The van der Waals surface area contributed by atoms with Crippen LogP contribution in [0.1, 0.15) is 18.2 Å². The summed E-state index contributed by atoms with van der Waals surface area (Å²) < 4.78 is 1.18. The first kappa shape index (κ1) is 15.3. The summed E-state index contributed by atoms with van der Waals surface area (Å²) in [5, 5.41) is 2.08. The molecule has 7 heteroatoms. The molecule has 6 nitrogen and oxygen atoms in total. The highest BCUT2D eigenvalue weighted by molar-refractivity contribution is 7.17. The van der Waals surface area contributed by atoms with Crippen LogP contribution in [0.3, 0.4) is 0 Å². The first-order chi connectivity index (χ1) is 11.8. The Bertz CT molecular complexity index is 853. The minimum absolute atomic E-state index is 0.941. The largest absolute Gasteiger partial charge is 0.353 e. The number of thiophene rings is 1. The van der Waals surface area contributed by atoms with Crippen molar-refractivity contribution in [2.24, 2.45) is 0 Å². The van der Waals surface area contributed by atoms with Gasteiger partial charge in [0.25, 0.3) is 0 Å². The second kappa shape index (κ2) is 6.32. The summed E-state index contributed by atoms with van der Waals surface area (Å²) in [6.07, 6.45) is 4.31. The molecule has 0 bridgehead atoms. The molecule has 0 aromatic carbocycles. The van der Waals surface area contributed by atoms with Gasteiger partial charge in [-0.15, -0.1) is 11.3 Å². The molecule has 1 fully saturated rings. The van der Waals surface area contributed by atoms with E-state index >= 15 is 0 Å². The predicted octanol–water partition coefficient (Wildman–Crippen LogP) is 2.68. The van der Waals surface area contributed by atoms with Gasteiger partial charge in [-0.3, -0.25) is 0 Å². The average Bonchev–Trinajstić information content (AvgIpc) is 3.10. The number of aromatic nitrogens is 4. The summed E-state index contributed by atoms with van der Waals surface area (Å²) in [5.74, 6) is 2.15. The lowest BCUT2D eigenvalue weighted by Crippen LogP contribution is -2.47. The molecule has 0 radical (unpaired) electrons. The summed E-state index contributed by atoms with van der Waals surface area (Å²) in [6.45, 7) is 8.00. The first-order valence-corrected chi connectivity index (χ1v) is 9.14. The Hall–Kier alpha value is -2.28. The Kier molecular flexibility index (Phi) is 4.02. The lowest BCUT2D eigenvalue weighted by atomic mass is 10.1. The lowest BCUT2D eigenvalue weighted by Gasteiger charge is -2.37. The van der Waals surface area contributed by atoms with Crippen LogP contribution in [-0.2, 0) is 6.42 Å². The molecule has 4 rings (SSSR count). The second-order valence-electron chi connectivity index (χ2n) is 5.92. The van der Waals surface area contributed by atoms with Crippen molar-refractivity contribution in [2.45, 2.75) is 20.3 Å².